The van der Waals surface area contributed by atoms with Crippen LogP contribution in [0.25, 0.3) is 0 Å². The number of nitrogens with one attached hydrogen (secondary N) is 1. The molecule has 2 heterocycles. The molecule has 0 atom stereocenters. The molecule has 0 aliphatic rings. The average molecular weight is 247 g/mol. The molecule has 0 aliphatic heterocycles. The summed E-state index contributed by atoms with van der Waals surface area (Å²) >= 11 is 1.42. The second-order valence-electron chi connectivity index (χ2n) is 3.86. The van der Waals surface area contributed by atoms with Crippen molar-refractivity contribution in [1.82, 2.24) is 9.97 Å². The number of anilines is 1. The molecule has 1 amide bonds. The standard InChI is InChI=1S/C12H13N3OS/c1-7-4-5-17-10(7)11(16)15-12-13-8(2)6-9(3)14-12/h4-6H,1-3H3,(H,13,14,15,16). The maximum absolute atomic E-state index is 11.9. The van der Waals surface area contributed by atoms with Gasteiger partial charge < -0.3 is 0 Å². The fourth-order valence-corrected chi connectivity index (χ4v) is 2.37. The molecule has 0 fully saturated rings. The highest BCUT2D eigenvalue weighted by molar-refractivity contribution is 7.12. The number of aryl methyl sites for hydroxylation is 3. The average Bonchev–Trinajstić information content (AvgIpc) is 2.62. The molecular formula is C12H13N3OS. The van der Waals surface area contributed by atoms with Crippen LogP contribution in [0.5, 0.6) is 0 Å². The van der Waals surface area contributed by atoms with E-state index in [9.17, 15) is 4.79 Å². The Hall–Kier alpha value is -1.75. The predicted octanol–water partition coefficient (Wildman–Crippen LogP) is 2.72. The Kier molecular flexibility index (Phi) is 3.19. The summed E-state index contributed by atoms with van der Waals surface area (Å²) in [6.07, 6.45) is 0. The van der Waals surface area contributed by atoms with Gasteiger partial charge in [-0.2, -0.15) is 0 Å². The van der Waals surface area contributed by atoms with Crippen LogP contribution in [0.2, 0.25) is 0 Å². The van der Waals surface area contributed by atoms with Gasteiger partial charge in [-0.25, -0.2) is 9.97 Å². The molecule has 2 aromatic rings. The minimum atomic E-state index is -0.150. The number of carbonyl (C=O) groups excluding carboxylic acids is 1. The van der Waals surface area contributed by atoms with Crippen molar-refractivity contribution in [2.75, 3.05) is 5.32 Å². The number of thiophene rings is 1. The lowest BCUT2D eigenvalue weighted by atomic mass is 10.3. The summed E-state index contributed by atoms with van der Waals surface area (Å²) in [7, 11) is 0. The number of nitrogens with zero attached hydrogens (tertiary/aromatic N) is 2. The zero-order valence-electron chi connectivity index (χ0n) is 9.94. The van der Waals surface area contributed by atoms with Crippen LogP contribution in [-0.2, 0) is 0 Å². The predicted molar refractivity (Wildman–Crippen MR) is 68.5 cm³/mol. The van der Waals surface area contributed by atoms with E-state index < -0.39 is 0 Å². The molecule has 0 spiro atoms. The largest absolute Gasteiger partial charge is 0.290 e. The summed E-state index contributed by atoms with van der Waals surface area (Å²) < 4.78 is 0. The van der Waals surface area contributed by atoms with Gasteiger partial charge in [-0.1, -0.05) is 0 Å². The molecular weight excluding hydrogens is 234 g/mol. The summed E-state index contributed by atoms with van der Waals surface area (Å²) in [4.78, 5) is 21.0. The first-order valence-electron chi connectivity index (χ1n) is 5.24. The molecule has 2 aromatic heterocycles. The molecule has 0 unspecified atom stereocenters. The fourth-order valence-electron chi connectivity index (χ4n) is 1.55. The van der Waals surface area contributed by atoms with Gasteiger partial charge >= 0.3 is 0 Å². The first-order chi connectivity index (χ1) is 8.06. The van der Waals surface area contributed by atoms with Crippen molar-refractivity contribution in [2.45, 2.75) is 20.8 Å². The Balaban J connectivity index is 2.21. The van der Waals surface area contributed by atoms with E-state index in [1.54, 1.807) is 0 Å². The van der Waals surface area contributed by atoms with E-state index in [0.717, 1.165) is 17.0 Å². The molecule has 0 aliphatic carbocycles. The minimum Gasteiger partial charge on any atom is -0.290 e. The topological polar surface area (TPSA) is 54.9 Å². The maximum Gasteiger partial charge on any atom is 0.268 e. The molecule has 0 aromatic carbocycles. The van der Waals surface area contributed by atoms with Crippen LogP contribution in [0.15, 0.2) is 17.5 Å². The zero-order valence-corrected chi connectivity index (χ0v) is 10.8. The summed E-state index contributed by atoms with van der Waals surface area (Å²) in [6.45, 7) is 5.66. The zero-order chi connectivity index (χ0) is 12.4. The van der Waals surface area contributed by atoms with Gasteiger partial charge in [-0.05, 0) is 43.8 Å². The molecule has 0 saturated heterocycles. The van der Waals surface area contributed by atoms with Crippen molar-refractivity contribution in [3.63, 3.8) is 0 Å². The normalized spacial score (nSPS) is 10.3. The third-order valence-corrected chi connectivity index (χ3v) is 3.29. The van der Waals surface area contributed by atoms with Crippen LogP contribution in [0.3, 0.4) is 0 Å². The number of rotatable bonds is 2. The van der Waals surface area contributed by atoms with E-state index in [1.165, 1.54) is 11.3 Å². The fraction of sp³-hybridized carbons (Fsp3) is 0.250. The Labute approximate surface area is 104 Å². The van der Waals surface area contributed by atoms with Gasteiger partial charge in [-0.3, -0.25) is 10.1 Å². The lowest BCUT2D eigenvalue weighted by Gasteiger charge is -2.04. The van der Waals surface area contributed by atoms with E-state index >= 15 is 0 Å². The summed E-state index contributed by atoms with van der Waals surface area (Å²) in [6, 6.07) is 3.79. The van der Waals surface area contributed by atoms with Crippen molar-refractivity contribution < 1.29 is 4.79 Å². The van der Waals surface area contributed by atoms with E-state index in [0.29, 0.717) is 10.8 Å². The van der Waals surface area contributed by atoms with E-state index in [4.69, 9.17) is 0 Å². The highest BCUT2D eigenvalue weighted by Gasteiger charge is 2.12. The quantitative estimate of drug-likeness (QED) is 0.887. The van der Waals surface area contributed by atoms with Gasteiger partial charge in [0, 0.05) is 11.4 Å². The molecule has 88 valence electrons. The Morgan fingerprint density at radius 3 is 2.41 bits per heavy atom. The van der Waals surface area contributed by atoms with Gasteiger partial charge in [0.15, 0.2) is 0 Å². The van der Waals surface area contributed by atoms with Crippen molar-refractivity contribution >= 4 is 23.2 Å². The van der Waals surface area contributed by atoms with Crippen LogP contribution < -0.4 is 5.32 Å². The second kappa shape index (κ2) is 4.63. The number of amides is 1. The van der Waals surface area contributed by atoms with Gasteiger partial charge in [-0.15, -0.1) is 11.3 Å². The lowest BCUT2D eigenvalue weighted by Crippen LogP contribution is -2.14. The highest BCUT2D eigenvalue weighted by Crippen LogP contribution is 2.16. The van der Waals surface area contributed by atoms with Gasteiger partial charge in [0.2, 0.25) is 5.95 Å². The Bertz CT molecular complexity index is 542. The third-order valence-electron chi connectivity index (χ3n) is 2.28. The monoisotopic (exact) mass is 247 g/mol. The maximum atomic E-state index is 11.9. The smallest absolute Gasteiger partial charge is 0.268 e. The van der Waals surface area contributed by atoms with Gasteiger partial charge in [0.05, 0.1) is 4.88 Å². The molecule has 0 radical (unpaired) electrons. The first kappa shape index (κ1) is 11.7. The van der Waals surface area contributed by atoms with Gasteiger partial charge in [0.1, 0.15) is 0 Å². The minimum absolute atomic E-state index is 0.150. The van der Waals surface area contributed by atoms with Crippen molar-refractivity contribution in [1.29, 1.82) is 0 Å². The summed E-state index contributed by atoms with van der Waals surface area (Å²) in [5, 5.41) is 4.61. The molecule has 0 saturated carbocycles. The van der Waals surface area contributed by atoms with Crippen LogP contribution >= 0.6 is 11.3 Å². The van der Waals surface area contributed by atoms with Crippen molar-refractivity contribution in [2.24, 2.45) is 0 Å². The summed E-state index contributed by atoms with van der Waals surface area (Å²) in [5.41, 5.74) is 2.66. The van der Waals surface area contributed by atoms with E-state index in [2.05, 4.69) is 15.3 Å². The van der Waals surface area contributed by atoms with E-state index in [-0.39, 0.29) is 5.91 Å². The Morgan fingerprint density at radius 1 is 1.24 bits per heavy atom. The first-order valence-corrected chi connectivity index (χ1v) is 6.12. The van der Waals surface area contributed by atoms with Crippen LogP contribution in [0, 0.1) is 20.8 Å². The van der Waals surface area contributed by atoms with E-state index in [1.807, 2.05) is 38.3 Å². The second-order valence-corrected chi connectivity index (χ2v) is 4.78. The molecule has 17 heavy (non-hydrogen) atoms. The number of hydrogen-bond donors (Lipinski definition) is 1. The Morgan fingerprint density at radius 2 is 1.88 bits per heavy atom. The van der Waals surface area contributed by atoms with Crippen LogP contribution in [0.4, 0.5) is 5.95 Å². The number of carbonyl (C=O) groups is 1. The van der Waals surface area contributed by atoms with Crippen molar-refractivity contribution in [3.05, 3.63) is 39.3 Å². The molecule has 1 N–H and O–H groups in total. The molecule has 5 heteroatoms. The molecule has 0 bridgehead atoms. The third kappa shape index (κ3) is 2.68. The number of hydrogen-bond acceptors (Lipinski definition) is 4. The van der Waals surface area contributed by atoms with Gasteiger partial charge in [0.25, 0.3) is 5.91 Å². The SMILES string of the molecule is Cc1cc(C)nc(NC(=O)c2sccc2C)n1. The number of aromatic nitrogens is 2. The highest BCUT2D eigenvalue weighted by atomic mass is 32.1. The lowest BCUT2D eigenvalue weighted by molar-refractivity contribution is 0.102. The van der Waals surface area contributed by atoms with Crippen LogP contribution in [-0.4, -0.2) is 15.9 Å². The molecule has 2 rings (SSSR count). The van der Waals surface area contributed by atoms with Crippen LogP contribution in [0.1, 0.15) is 26.6 Å². The van der Waals surface area contributed by atoms with Crippen molar-refractivity contribution in [3.8, 4) is 0 Å². The summed E-state index contributed by atoms with van der Waals surface area (Å²) in [5.74, 6) is 0.211. The molecule has 4 nitrogen and oxygen atoms in total.